The minimum Gasteiger partial charge on any atom is -0.481 e. The largest absolute Gasteiger partial charge is 0.481 e. The number of piperidine rings is 3. The van der Waals surface area contributed by atoms with Crippen LogP contribution in [0.25, 0.3) is 0 Å². The Balaban J connectivity index is 1.44. The summed E-state index contributed by atoms with van der Waals surface area (Å²) in [7, 11) is 2.02. The van der Waals surface area contributed by atoms with Gasteiger partial charge in [0.2, 0.25) is 0 Å². The number of benzene rings is 2. The van der Waals surface area contributed by atoms with Crippen molar-refractivity contribution in [3.63, 3.8) is 0 Å². The number of hydrogen-bond acceptors (Lipinski definition) is 4. The number of amides is 1. The standard InChI is InChI=1S/C23H26ClN3O2/c1-26-14-21(16-5-3-2-4-6-16)29-22-18(11-17(24)12-20(22)26)23(28)25-19-13-27-9-7-15(19)8-10-27/h2-6,11-12,15,19,21H,7-10,13-14H2,1H3,(H,25,28). The monoisotopic (exact) mass is 411 g/mol. The molecule has 2 atom stereocenters. The summed E-state index contributed by atoms with van der Waals surface area (Å²) in [6, 6.07) is 14.0. The summed E-state index contributed by atoms with van der Waals surface area (Å²) in [5.74, 6) is 1.10. The van der Waals surface area contributed by atoms with Crippen LogP contribution in [0.4, 0.5) is 5.69 Å². The molecule has 0 aromatic heterocycles. The highest BCUT2D eigenvalue weighted by molar-refractivity contribution is 6.31. The van der Waals surface area contributed by atoms with Gasteiger partial charge in [-0.1, -0.05) is 41.9 Å². The van der Waals surface area contributed by atoms with Crippen LogP contribution in [0.1, 0.15) is 34.9 Å². The van der Waals surface area contributed by atoms with E-state index in [1.165, 1.54) is 0 Å². The highest BCUT2D eigenvalue weighted by Crippen LogP contribution is 2.42. The SMILES string of the molecule is CN1CC(c2ccccc2)Oc2c(C(=O)NC3CN4CCC3CC4)cc(Cl)cc21. The van der Waals surface area contributed by atoms with Crippen molar-refractivity contribution in [3.8, 4) is 5.75 Å². The topological polar surface area (TPSA) is 44.8 Å². The molecule has 1 N–H and O–H groups in total. The lowest BCUT2D eigenvalue weighted by Crippen LogP contribution is -2.57. The van der Waals surface area contributed by atoms with Crippen LogP contribution < -0.4 is 15.0 Å². The Morgan fingerprint density at radius 2 is 1.90 bits per heavy atom. The van der Waals surface area contributed by atoms with Gasteiger partial charge in [0.05, 0.1) is 17.8 Å². The molecule has 6 heteroatoms. The van der Waals surface area contributed by atoms with Gasteiger partial charge in [-0.05, 0) is 49.5 Å². The zero-order valence-corrected chi connectivity index (χ0v) is 17.4. The Morgan fingerprint density at radius 1 is 1.14 bits per heavy atom. The van der Waals surface area contributed by atoms with Crippen LogP contribution in [0.15, 0.2) is 42.5 Å². The van der Waals surface area contributed by atoms with E-state index >= 15 is 0 Å². The van der Waals surface area contributed by atoms with E-state index in [1.807, 2.05) is 31.3 Å². The van der Waals surface area contributed by atoms with Gasteiger partial charge in [0.15, 0.2) is 5.75 Å². The Bertz CT molecular complexity index is 912. The van der Waals surface area contributed by atoms with Crippen molar-refractivity contribution < 1.29 is 9.53 Å². The lowest BCUT2D eigenvalue weighted by molar-refractivity contribution is 0.0617. The van der Waals surface area contributed by atoms with Gasteiger partial charge in [0, 0.05) is 24.7 Å². The first-order valence-electron chi connectivity index (χ1n) is 10.4. The summed E-state index contributed by atoms with van der Waals surface area (Å²) in [4.78, 5) is 17.8. The van der Waals surface area contributed by atoms with E-state index in [4.69, 9.17) is 16.3 Å². The normalized spacial score (nSPS) is 27.9. The highest BCUT2D eigenvalue weighted by Gasteiger charge is 2.36. The second-order valence-electron chi connectivity index (χ2n) is 8.42. The fourth-order valence-corrected chi connectivity index (χ4v) is 5.11. The van der Waals surface area contributed by atoms with Crippen LogP contribution in [0.5, 0.6) is 5.75 Å². The molecular formula is C23H26ClN3O2. The lowest BCUT2D eigenvalue weighted by Gasteiger charge is -2.45. The quantitative estimate of drug-likeness (QED) is 0.835. The lowest BCUT2D eigenvalue weighted by atomic mass is 9.84. The van der Waals surface area contributed by atoms with Gasteiger partial charge in [-0.25, -0.2) is 0 Å². The molecule has 0 radical (unpaired) electrons. The Hall–Kier alpha value is -2.24. The Kier molecular flexibility index (Phi) is 4.88. The van der Waals surface area contributed by atoms with Crippen LogP contribution in [-0.4, -0.2) is 50.1 Å². The molecule has 4 aliphatic heterocycles. The first-order chi connectivity index (χ1) is 14.1. The van der Waals surface area contributed by atoms with Crippen LogP contribution >= 0.6 is 11.6 Å². The van der Waals surface area contributed by atoms with E-state index in [9.17, 15) is 4.79 Å². The van der Waals surface area contributed by atoms with Crippen molar-refractivity contribution in [1.29, 1.82) is 0 Å². The summed E-state index contributed by atoms with van der Waals surface area (Å²) in [5.41, 5.74) is 2.49. The number of carbonyl (C=O) groups excluding carboxylic acids is 1. The Labute approximate surface area is 176 Å². The van der Waals surface area contributed by atoms with Crippen LogP contribution in [0.2, 0.25) is 5.02 Å². The molecule has 3 fully saturated rings. The average molecular weight is 412 g/mol. The molecule has 2 bridgehead atoms. The summed E-state index contributed by atoms with van der Waals surface area (Å²) in [6.45, 7) is 3.94. The van der Waals surface area contributed by atoms with Gasteiger partial charge in [-0.15, -0.1) is 0 Å². The molecule has 0 aliphatic carbocycles. The number of ether oxygens (including phenoxy) is 1. The van der Waals surface area contributed by atoms with Gasteiger partial charge in [0.25, 0.3) is 5.91 Å². The van der Waals surface area contributed by atoms with E-state index in [2.05, 4.69) is 27.2 Å². The van der Waals surface area contributed by atoms with Gasteiger partial charge in [-0.3, -0.25) is 4.79 Å². The van der Waals surface area contributed by atoms with Crippen molar-refractivity contribution in [2.24, 2.45) is 5.92 Å². The van der Waals surface area contributed by atoms with Crippen LogP contribution in [-0.2, 0) is 0 Å². The number of anilines is 1. The first kappa shape index (κ1) is 18.8. The van der Waals surface area contributed by atoms with Crippen molar-refractivity contribution in [1.82, 2.24) is 10.2 Å². The van der Waals surface area contributed by atoms with Gasteiger partial charge < -0.3 is 19.9 Å². The van der Waals surface area contributed by atoms with Crippen molar-refractivity contribution in [2.75, 3.05) is 38.1 Å². The molecule has 2 unspecified atom stereocenters. The van der Waals surface area contributed by atoms with Crippen LogP contribution in [0, 0.1) is 5.92 Å². The second kappa shape index (κ2) is 7.54. The molecule has 3 saturated heterocycles. The predicted octanol–water partition coefficient (Wildman–Crippen LogP) is 3.73. The van der Waals surface area contributed by atoms with Gasteiger partial charge in [-0.2, -0.15) is 0 Å². The number of hydrogen-bond donors (Lipinski definition) is 1. The maximum atomic E-state index is 13.3. The summed E-state index contributed by atoms with van der Waals surface area (Å²) in [5, 5.41) is 3.83. The first-order valence-corrected chi connectivity index (χ1v) is 10.8. The Morgan fingerprint density at radius 3 is 2.59 bits per heavy atom. The van der Waals surface area contributed by atoms with Crippen molar-refractivity contribution >= 4 is 23.2 Å². The molecule has 0 spiro atoms. The molecule has 4 heterocycles. The molecule has 29 heavy (non-hydrogen) atoms. The number of nitrogens with one attached hydrogen (secondary N) is 1. The predicted molar refractivity (Wildman–Crippen MR) is 115 cm³/mol. The summed E-state index contributed by atoms with van der Waals surface area (Å²) in [6.07, 6.45) is 2.19. The molecule has 152 valence electrons. The number of carbonyl (C=O) groups is 1. The molecule has 2 aromatic rings. The minimum absolute atomic E-state index is 0.0930. The molecule has 1 amide bonds. The van der Waals surface area contributed by atoms with Gasteiger partial charge >= 0.3 is 0 Å². The smallest absolute Gasteiger partial charge is 0.255 e. The van der Waals surface area contributed by atoms with E-state index < -0.39 is 0 Å². The third-order valence-electron chi connectivity index (χ3n) is 6.53. The van der Waals surface area contributed by atoms with E-state index in [0.717, 1.165) is 43.7 Å². The third-order valence-corrected chi connectivity index (χ3v) is 6.75. The van der Waals surface area contributed by atoms with Gasteiger partial charge in [0.1, 0.15) is 6.10 Å². The summed E-state index contributed by atoms with van der Waals surface area (Å²) >= 11 is 6.38. The minimum atomic E-state index is -0.127. The van der Waals surface area contributed by atoms with Crippen molar-refractivity contribution in [3.05, 3.63) is 58.6 Å². The number of fused-ring (bicyclic) bond motifs is 4. The fraction of sp³-hybridized carbons (Fsp3) is 0.435. The molecule has 0 saturated carbocycles. The van der Waals surface area contributed by atoms with Crippen molar-refractivity contribution in [2.45, 2.75) is 25.0 Å². The second-order valence-corrected chi connectivity index (χ2v) is 8.85. The number of rotatable bonds is 3. The molecule has 4 aliphatic rings. The zero-order valence-electron chi connectivity index (χ0n) is 16.6. The molecule has 6 rings (SSSR count). The number of halogens is 1. The molecule has 2 aromatic carbocycles. The third kappa shape index (κ3) is 3.58. The van der Waals surface area contributed by atoms with E-state index in [1.54, 1.807) is 6.07 Å². The number of nitrogens with zero attached hydrogens (tertiary/aromatic N) is 2. The maximum Gasteiger partial charge on any atom is 0.255 e. The highest BCUT2D eigenvalue weighted by atomic mass is 35.5. The molecular weight excluding hydrogens is 386 g/mol. The van der Waals surface area contributed by atoms with E-state index in [0.29, 0.717) is 28.8 Å². The fourth-order valence-electron chi connectivity index (χ4n) is 4.90. The zero-order chi connectivity index (χ0) is 20.0. The summed E-state index contributed by atoms with van der Waals surface area (Å²) < 4.78 is 6.38. The molecule has 5 nitrogen and oxygen atoms in total. The maximum absolute atomic E-state index is 13.3. The average Bonchev–Trinajstić information content (AvgIpc) is 2.75. The number of likely N-dealkylation sites (N-methyl/N-ethyl adjacent to an activating group) is 1. The van der Waals surface area contributed by atoms with E-state index in [-0.39, 0.29) is 18.1 Å². The van der Waals surface area contributed by atoms with Crippen LogP contribution in [0.3, 0.4) is 0 Å².